The van der Waals surface area contributed by atoms with Crippen LogP contribution in [0.25, 0.3) is 76.8 Å². The first-order valence-electron chi connectivity index (χ1n) is 14.5. The predicted molar refractivity (Wildman–Crippen MR) is 181 cm³/mol. The lowest BCUT2D eigenvalue weighted by Crippen LogP contribution is -1.92. The molecular weight excluding hydrogens is 504 g/mol. The minimum absolute atomic E-state index is 1.22. The Hall–Kier alpha value is -5.46. The average molecular weight is 533 g/mol. The molecule has 0 radical (unpaired) electrons. The Morgan fingerprint density at radius 2 is 0.667 bits per heavy atom. The quantitative estimate of drug-likeness (QED) is 0.198. The summed E-state index contributed by atoms with van der Waals surface area (Å²) in [4.78, 5) is 0. The Morgan fingerprint density at radius 3 is 1.43 bits per heavy atom. The molecular formula is C42H28. The Morgan fingerprint density at radius 1 is 0.214 bits per heavy atom. The molecule has 0 atom stereocenters. The summed E-state index contributed by atoms with van der Waals surface area (Å²) in [7, 11) is 0. The molecule has 0 amide bonds. The summed E-state index contributed by atoms with van der Waals surface area (Å²) in [6.07, 6.45) is 0. The third-order valence-electron chi connectivity index (χ3n) is 8.45. The van der Waals surface area contributed by atoms with E-state index in [1.807, 2.05) is 0 Å². The zero-order chi connectivity index (χ0) is 27.9. The molecule has 0 nitrogen and oxygen atoms in total. The van der Waals surface area contributed by atoms with Gasteiger partial charge in [-0.1, -0.05) is 158 Å². The van der Waals surface area contributed by atoms with Gasteiger partial charge in [-0.15, -0.1) is 0 Å². The second-order valence-corrected chi connectivity index (χ2v) is 10.9. The van der Waals surface area contributed by atoms with Gasteiger partial charge in [0.25, 0.3) is 0 Å². The van der Waals surface area contributed by atoms with Crippen LogP contribution in [0.2, 0.25) is 0 Å². The van der Waals surface area contributed by atoms with Crippen molar-refractivity contribution in [3.63, 3.8) is 0 Å². The zero-order valence-electron chi connectivity index (χ0n) is 23.2. The molecule has 42 heavy (non-hydrogen) atoms. The molecule has 196 valence electrons. The van der Waals surface area contributed by atoms with Crippen LogP contribution >= 0.6 is 0 Å². The molecule has 0 spiro atoms. The highest BCUT2D eigenvalue weighted by molar-refractivity contribution is 6.22. The van der Waals surface area contributed by atoms with E-state index in [9.17, 15) is 0 Å². The van der Waals surface area contributed by atoms with Crippen LogP contribution in [0.15, 0.2) is 170 Å². The molecule has 8 aromatic rings. The van der Waals surface area contributed by atoms with Crippen molar-refractivity contribution >= 4 is 32.3 Å². The number of fused-ring (bicyclic) bond motifs is 4. The zero-order valence-corrected chi connectivity index (χ0v) is 23.2. The highest BCUT2D eigenvalue weighted by Crippen LogP contribution is 2.45. The lowest BCUT2D eigenvalue weighted by molar-refractivity contribution is 1.60. The van der Waals surface area contributed by atoms with Gasteiger partial charge in [0.05, 0.1) is 0 Å². The van der Waals surface area contributed by atoms with Gasteiger partial charge in [0.2, 0.25) is 0 Å². The van der Waals surface area contributed by atoms with E-state index in [2.05, 4.69) is 170 Å². The van der Waals surface area contributed by atoms with E-state index in [1.165, 1.54) is 76.8 Å². The van der Waals surface area contributed by atoms with E-state index >= 15 is 0 Å². The van der Waals surface area contributed by atoms with Crippen LogP contribution in [0.3, 0.4) is 0 Å². The summed E-state index contributed by atoms with van der Waals surface area (Å²) in [6.45, 7) is 0. The maximum atomic E-state index is 2.38. The summed E-state index contributed by atoms with van der Waals surface area (Å²) in [5, 5.41) is 7.63. The van der Waals surface area contributed by atoms with Crippen LogP contribution in [-0.2, 0) is 0 Å². The Bertz CT molecular complexity index is 2210. The molecule has 0 fully saturated rings. The van der Waals surface area contributed by atoms with Crippen molar-refractivity contribution in [2.45, 2.75) is 0 Å². The first kappa shape index (κ1) is 24.3. The monoisotopic (exact) mass is 532 g/mol. The number of hydrogen-bond donors (Lipinski definition) is 0. The smallest absolute Gasteiger partial charge is 0.00201 e. The minimum Gasteiger partial charge on any atom is -0.0622 e. The van der Waals surface area contributed by atoms with Crippen LogP contribution < -0.4 is 0 Å². The second-order valence-electron chi connectivity index (χ2n) is 10.9. The molecule has 0 aliphatic rings. The highest BCUT2D eigenvalue weighted by Gasteiger charge is 2.18. The molecule has 0 saturated heterocycles. The van der Waals surface area contributed by atoms with Gasteiger partial charge in [0.1, 0.15) is 0 Å². The second kappa shape index (κ2) is 10.2. The van der Waals surface area contributed by atoms with E-state index in [1.54, 1.807) is 0 Å². The van der Waals surface area contributed by atoms with Gasteiger partial charge in [0.15, 0.2) is 0 Å². The minimum atomic E-state index is 1.22. The van der Waals surface area contributed by atoms with Crippen LogP contribution in [0.4, 0.5) is 0 Å². The summed E-state index contributed by atoms with van der Waals surface area (Å²) in [5.41, 5.74) is 9.93. The Kier molecular flexibility index (Phi) is 5.90. The molecule has 0 bridgehead atoms. The van der Waals surface area contributed by atoms with Gasteiger partial charge in [-0.2, -0.15) is 0 Å². The molecule has 0 aliphatic heterocycles. The van der Waals surface area contributed by atoms with E-state index < -0.39 is 0 Å². The van der Waals surface area contributed by atoms with E-state index in [0.717, 1.165) is 0 Å². The van der Waals surface area contributed by atoms with Gasteiger partial charge in [-0.3, -0.25) is 0 Å². The molecule has 0 aromatic heterocycles. The Labute approximate surface area is 246 Å². The van der Waals surface area contributed by atoms with Crippen molar-refractivity contribution < 1.29 is 0 Å². The van der Waals surface area contributed by atoms with Crippen molar-refractivity contribution in [3.05, 3.63) is 170 Å². The van der Waals surface area contributed by atoms with Crippen molar-refractivity contribution in [2.24, 2.45) is 0 Å². The third kappa shape index (κ3) is 4.17. The largest absolute Gasteiger partial charge is 0.0622 e. The number of hydrogen-bond acceptors (Lipinski definition) is 0. The van der Waals surface area contributed by atoms with Crippen molar-refractivity contribution in [2.75, 3.05) is 0 Å². The van der Waals surface area contributed by atoms with Gasteiger partial charge < -0.3 is 0 Å². The topological polar surface area (TPSA) is 0 Å². The van der Waals surface area contributed by atoms with Crippen molar-refractivity contribution in [3.8, 4) is 44.5 Å². The lowest BCUT2D eigenvalue weighted by Gasteiger charge is -2.19. The maximum absolute atomic E-state index is 2.38. The molecule has 0 aliphatic carbocycles. The fourth-order valence-electron chi connectivity index (χ4n) is 6.40. The molecule has 0 N–H and O–H groups in total. The average Bonchev–Trinajstić information content (AvgIpc) is 3.08. The fourth-order valence-corrected chi connectivity index (χ4v) is 6.40. The summed E-state index contributed by atoms with van der Waals surface area (Å²) < 4.78 is 0. The normalized spacial score (nSPS) is 11.3. The lowest BCUT2D eigenvalue weighted by atomic mass is 9.84. The van der Waals surface area contributed by atoms with Crippen LogP contribution in [0, 0.1) is 0 Å². The van der Waals surface area contributed by atoms with E-state index in [-0.39, 0.29) is 0 Å². The first-order valence-corrected chi connectivity index (χ1v) is 14.5. The molecule has 8 aromatic carbocycles. The van der Waals surface area contributed by atoms with Crippen LogP contribution in [0.5, 0.6) is 0 Å². The molecule has 0 heterocycles. The maximum Gasteiger partial charge on any atom is -0.00201 e. The number of rotatable bonds is 4. The summed E-state index contributed by atoms with van der Waals surface area (Å²) in [5.74, 6) is 0. The predicted octanol–water partition coefficient (Wildman–Crippen LogP) is 11.8. The van der Waals surface area contributed by atoms with Gasteiger partial charge in [0, 0.05) is 0 Å². The fraction of sp³-hybridized carbons (Fsp3) is 0. The standard InChI is InChI=1S/C42H28/c1-3-11-29(12-4-1)36-25-26-38-37-17-9-10-18-39(37)41(42(40(38)28-36)32-14-5-2-6-15-32)33-22-19-31(20-23-33)35-24-21-30-13-7-8-16-34(30)27-35/h1-28H. The number of benzene rings is 8. The van der Waals surface area contributed by atoms with Crippen molar-refractivity contribution in [1.29, 1.82) is 0 Å². The van der Waals surface area contributed by atoms with Gasteiger partial charge in [-0.05, 0) is 89.0 Å². The van der Waals surface area contributed by atoms with Gasteiger partial charge in [-0.25, -0.2) is 0 Å². The molecule has 0 heteroatoms. The highest BCUT2D eigenvalue weighted by atomic mass is 14.2. The SMILES string of the molecule is c1ccc(-c2ccc3c(c2)c(-c2ccccc2)c(-c2ccc(-c4ccc5ccccc5c4)cc2)c2ccccc23)cc1. The van der Waals surface area contributed by atoms with Crippen molar-refractivity contribution in [1.82, 2.24) is 0 Å². The molecule has 8 rings (SSSR count). The van der Waals surface area contributed by atoms with E-state index in [4.69, 9.17) is 0 Å². The van der Waals surface area contributed by atoms with Gasteiger partial charge >= 0.3 is 0 Å². The summed E-state index contributed by atoms with van der Waals surface area (Å²) in [6, 6.07) is 61.8. The van der Waals surface area contributed by atoms with E-state index in [0.29, 0.717) is 0 Å². The van der Waals surface area contributed by atoms with Crippen LogP contribution in [0.1, 0.15) is 0 Å². The molecule has 0 saturated carbocycles. The molecule has 0 unspecified atom stereocenters. The Balaban J connectivity index is 1.39. The first-order chi connectivity index (χ1) is 20.8. The third-order valence-corrected chi connectivity index (χ3v) is 8.45. The van der Waals surface area contributed by atoms with Crippen LogP contribution in [-0.4, -0.2) is 0 Å². The summed E-state index contributed by atoms with van der Waals surface area (Å²) >= 11 is 0.